The van der Waals surface area contributed by atoms with Crippen molar-refractivity contribution in [3.8, 4) is 0 Å². The molecule has 0 aliphatic rings. The molecule has 128 valence electrons. The molecule has 0 aromatic carbocycles. The number of carbonyl (C=O) groups excluding carboxylic acids is 3. The Morgan fingerprint density at radius 2 is 1.59 bits per heavy atom. The largest absolute Gasteiger partial charge is 0.509 e. The number of rotatable bonds is 7. The van der Waals surface area contributed by atoms with Gasteiger partial charge in [0, 0.05) is 4.75 Å². The molecule has 0 spiro atoms. The van der Waals surface area contributed by atoms with Crippen molar-refractivity contribution >= 4 is 28.8 Å². The number of hydrogen-bond acceptors (Lipinski definition) is 6. The summed E-state index contributed by atoms with van der Waals surface area (Å²) in [5, 5.41) is -0.220. The van der Waals surface area contributed by atoms with Crippen molar-refractivity contribution < 1.29 is 23.9 Å². The van der Waals surface area contributed by atoms with Crippen LogP contribution in [0.25, 0.3) is 0 Å². The van der Waals surface area contributed by atoms with Crippen LogP contribution in [0.15, 0.2) is 0 Å². The van der Waals surface area contributed by atoms with E-state index in [1.54, 1.807) is 13.8 Å². The third-order valence-electron chi connectivity index (χ3n) is 2.42. The predicted molar refractivity (Wildman–Crippen MR) is 87.9 cm³/mol. The lowest BCUT2D eigenvalue weighted by atomic mass is 10.0. The molecule has 5 nitrogen and oxygen atoms in total. The molecule has 0 amide bonds. The number of ether oxygens (including phenoxy) is 2. The van der Waals surface area contributed by atoms with E-state index >= 15 is 0 Å². The van der Waals surface area contributed by atoms with E-state index in [9.17, 15) is 14.4 Å². The molecule has 0 radical (unpaired) electrons. The molecule has 0 fully saturated rings. The zero-order valence-electron chi connectivity index (χ0n) is 14.6. The molecule has 22 heavy (non-hydrogen) atoms. The molecule has 0 rings (SSSR count). The van der Waals surface area contributed by atoms with Crippen LogP contribution in [0, 0.1) is 11.8 Å². The third-order valence-corrected chi connectivity index (χ3v) is 3.40. The molecule has 0 saturated carbocycles. The van der Waals surface area contributed by atoms with Gasteiger partial charge in [-0.3, -0.25) is 9.59 Å². The Morgan fingerprint density at radius 3 is 2.00 bits per heavy atom. The standard InChI is InChI=1S/C16H28O5S/c1-10(2)9-20-15(19)21-14(11(3)4)12(17)8-13(18)22-16(5,6)7/h10-11,14H,8-9H2,1-7H3/t14-/m0/s1. The van der Waals surface area contributed by atoms with Gasteiger partial charge in [-0.05, 0) is 11.8 Å². The van der Waals surface area contributed by atoms with Gasteiger partial charge in [-0.2, -0.15) is 0 Å². The summed E-state index contributed by atoms with van der Waals surface area (Å²) in [7, 11) is 0. The maximum atomic E-state index is 12.2. The minimum absolute atomic E-state index is 0.186. The first-order valence-electron chi connectivity index (χ1n) is 7.50. The van der Waals surface area contributed by atoms with Gasteiger partial charge in [0.1, 0.15) is 0 Å². The average molecular weight is 332 g/mol. The molecular weight excluding hydrogens is 304 g/mol. The second-order valence-electron chi connectivity index (χ2n) is 6.97. The quantitative estimate of drug-likeness (QED) is 0.521. The van der Waals surface area contributed by atoms with Gasteiger partial charge in [0.2, 0.25) is 0 Å². The Kier molecular flexibility index (Phi) is 8.74. The Hall–Kier alpha value is -1.04. The number of hydrogen-bond donors (Lipinski definition) is 0. The van der Waals surface area contributed by atoms with Crippen molar-refractivity contribution in [2.75, 3.05) is 6.61 Å². The number of Topliss-reactive ketones (excluding diaryl/α,β-unsaturated/α-hetero) is 1. The molecule has 0 bridgehead atoms. The summed E-state index contributed by atoms with van der Waals surface area (Å²) in [6.45, 7) is 13.3. The minimum Gasteiger partial charge on any atom is -0.434 e. The van der Waals surface area contributed by atoms with Gasteiger partial charge < -0.3 is 9.47 Å². The highest BCUT2D eigenvalue weighted by Crippen LogP contribution is 2.26. The molecular formula is C16H28O5S. The van der Waals surface area contributed by atoms with Crippen LogP contribution in [0.1, 0.15) is 54.9 Å². The Bertz CT molecular complexity index is 396. The smallest absolute Gasteiger partial charge is 0.434 e. The summed E-state index contributed by atoms with van der Waals surface area (Å²) in [4.78, 5) is 35.6. The highest BCUT2D eigenvalue weighted by molar-refractivity contribution is 8.14. The Morgan fingerprint density at radius 1 is 1.05 bits per heavy atom. The number of thioether (sulfide) groups is 1. The average Bonchev–Trinajstić information content (AvgIpc) is 2.30. The SMILES string of the molecule is CC(C)COC(=O)O[C@H](C(=O)CC(=O)SC(C)(C)C)C(C)C. The van der Waals surface area contributed by atoms with E-state index in [0.29, 0.717) is 0 Å². The highest BCUT2D eigenvalue weighted by Gasteiger charge is 2.30. The van der Waals surface area contributed by atoms with E-state index in [2.05, 4.69) is 0 Å². The summed E-state index contributed by atoms with van der Waals surface area (Å²) in [5.41, 5.74) is 0. The van der Waals surface area contributed by atoms with Crippen molar-refractivity contribution in [3.63, 3.8) is 0 Å². The van der Waals surface area contributed by atoms with Crippen LogP contribution in [-0.2, 0) is 19.1 Å². The lowest BCUT2D eigenvalue weighted by Crippen LogP contribution is -2.34. The fourth-order valence-electron chi connectivity index (χ4n) is 1.57. The van der Waals surface area contributed by atoms with Crippen molar-refractivity contribution in [3.05, 3.63) is 0 Å². The number of carbonyl (C=O) groups is 3. The van der Waals surface area contributed by atoms with Crippen LogP contribution in [-0.4, -0.2) is 34.5 Å². The van der Waals surface area contributed by atoms with E-state index in [1.807, 2.05) is 34.6 Å². The summed E-state index contributed by atoms with van der Waals surface area (Å²) in [6.07, 6.45) is -2.07. The molecule has 6 heteroatoms. The van der Waals surface area contributed by atoms with Gasteiger partial charge in [-0.25, -0.2) is 4.79 Å². The second kappa shape index (κ2) is 9.18. The molecule has 0 aliphatic carbocycles. The summed E-state index contributed by atoms with van der Waals surface area (Å²) < 4.78 is 9.75. The summed E-state index contributed by atoms with van der Waals surface area (Å²) >= 11 is 1.12. The van der Waals surface area contributed by atoms with Gasteiger partial charge in [-0.1, -0.05) is 60.2 Å². The van der Waals surface area contributed by atoms with Gasteiger partial charge in [0.15, 0.2) is 17.0 Å². The zero-order chi connectivity index (χ0) is 17.5. The lowest BCUT2D eigenvalue weighted by Gasteiger charge is -2.21. The summed E-state index contributed by atoms with van der Waals surface area (Å²) in [6, 6.07) is 0. The maximum Gasteiger partial charge on any atom is 0.509 e. The fourth-order valence-corrected chi connectivity index (χ4v) is 2.46. The van der Waals surface area contributed by atoms with Crippen molar-refractivity contribution in [1.29, 1.82) is 0 Å². The van der Waals surface area contributed by atoms with Crippen LogP contribution in [0.3, 0.4) is 0 Å². The van der Waals surface area contributed by atoms with Gasteiger partial charge in [0.25, 0.3) is 0 Å². The topological polar surface area (TPSA) is 69.7 Å². The van der Waals surface area contributed by atoms with Crippen LogP contribution in [0.4, 0.5) is 4.79 Å². The van der Waals surface area contributed by atoms with E-state index in [0.717, 1.165) is 11.8 Å². The van der Waals surface area contributed by atoms with Gasteiger partial charge >= 0.3 is 6.16 Å². The van der Waals surface area contributed by atoms with E-state index < -0.39 is 18.0 Å². The lowest BCUT2D eigenvalue weighted by molar-refractivity contribution is -0.133. The molecule has 0 aliphatic heterocycles. The fraction of sp³-hybridized carbons (Fsp3) is 0.812. The number of ketones is 1. The molecule has 0 unspecified atom stereocenters. The van der Waals surface area contributed by atoms with E-state index in [4.69, 9.17) is 9.47 Å². The summed E-state index contributed by atoms with van der Waals surface area (Å²) in [5.74, 6) is -0.421. The van der Waals surface area contributed by atoms with Crippen LogP contribution >= 0.6 is 11.8 Å². The molecule has 0 N–H and O–H groups in total. The first-order valence-corrected chi connectivity index (χ1v) is 8.32. The molecule has 0 saturated heterocycles. The molecule has 0 aromatic rings. The highest BCUT2D eigenvalue weighted by atomic mass is 32.2. The second-order valence-corrected chi connectivity index (χ2v) is 8.85. The van der Waals surface area contributed by atoms with Crippen molar-refractivity contribution in [2.24, 2.45) is 11.8 Å². The minimum atomic E-state index is -0.954. The van der Waals surface area contributed by atoms with E-state index in [-0.39, 0.29) is 34.7 Å². The maximum absolute atomic E-state index is 12.2. The third kappa shape index (κ3) is 9.82. The predicted octanol–water partition coefficient (Wildman–Crippen LogP) is 3.84. The Balaban J connectivity index is 4.58. The van der Waals surface area contributed by atoms with Gasteiger partial charge in [0.05, 0.1) is 13.0 Å². The first-order chi connectivity index (χ1) is 9.92. The molecule has 0 aromatic heterocycles. The van der Waals surface area contributed by atoms with Crippen molar-refractivity contribution in [2.45, 2.75) is 65.7 Å². The van der Waals surface area contributed by atoms with Crippen molar-refractivity contribution in [1.82, 2.24) is 0 Å². The van der Waals surface area contributed by atoms with Crippen LogP contribution in [0.5, 0.6) is 0 Å². The first kappa shape index (κ1) is 21.0. The molecule has 1 atom stereocenters. The monoisotopic (exact) mass is 332 g/mol. The van der Waals surface area contributed by atoms with Crippen LogP contribution in [0.2, 0.25) is 0 Å². The van der Waals surface area contributed by atoms with Gasteiger partial charge in [-0.15, -0.1) is 0 Å². The van der Waals surface area contributed by atoms with E-state index in [1.165, 1.54) is 0 Å². The Labute approximate surface area is 137 Å². The normalized spacial score (nSPS) is 13.1. The molecule has 0 heterocycles. The zero-order valence-corrected chi connectivity index (χ0v) is 15.4. The van der Waals surface area contributed by atoms with Crippen LogP contribution < -0.4 is 0 Å².